The van der Waals surface area contributed by atoms with Crippen molar-refractivity contribution in [3.8, 4) is 0 Å². The minimum Gasteiger partial charge on any atom is -0.396 e. The van der Waals surface area contributed by atoms with Gasteiger partial charge in [-0.3, -0.25) is 9.78 Å². The fourth-order valence-corrected chi connectivity index (χ4v) is 1.41. The number of hydrogen-bond acceptors (Lipinski definition) is 3. The predicted octanol–water partition coefficient (Wildman–Crippen LogP) is 1.36. The van der Waals surface area contributed by atoms with Crippen LogP contribution in [0.2, 0.25) is 0 Å². The normalized spacial score (nSPS) is 14.2. The number of aromatic nitrogens is 1. The Bertz CT molecular complexity index is 340. The van der Waals surface area contributed by atoms with E-state index in [1.54, 1.807) is 24.4 Å². The summed E-state index contributed by atoms with van der Waals surface area (Å²) in [6.07, 6.45) is 2.90. The Labute approximate surface area is 95.7 Å². The smallest absolute Gasteiger partial charge is 0.270 e. The van der Waals surface area contributed by atoms with Gasteiger partial charge in [-0.25, -0.2) is 0 Å². The van der Waals surface area contributed by atoms with E-state index in [0.717, 1.165) is 6.42 Å². The van der Waals surface area contributed by atoms with Gasteiger partial charge in [-0.15, -0.1) is 0 Å². The molecule has 4 nitrogen and oxygen atoms in total. The minimum absolute atomic E-state index is 0.0623. The lowest BCUT2D eigenvalue weighted by atomic mass is 9.94. The van der Waals surface area contributed by atoms with E-state index in [0.29, 0.717) is 12.1 Å². The van der Waals surface area contributed by atoms with Crippen molar-refractivity contribution in [1.29, 1.82) is 0 Å². The van der Waals surface area contributed by atoms with Crippen LogP contribution in [0, 0.1) is 0 Å². The molecule has 16 heavy (non-hydrogen) atoms. The molecular weight excluding hydrogens is 204 g/mol. The molecule has 2 N–H and O–H groups in total. The molecule has 0 saturated heterocycles. The zero-order valence-corrected chi connectivity index (χ0v) is 9.73. The van der Waals surface area contributed by atoms with Crippen LogP contribution in [-0.2, 0) is 0 Å². The van der Waals surface area contributed by atoms with Gasteiger partial charge in [-0.05, 0) is 31.9 Å². The monoisotopic (exact) mass is 222 g/mol. The first-order valence-corrected chi connectivity index (χ1v) is 5.46. The molecule has 1 aromatic rings. The second kappa shape index (κ2) is 5.61. The standard InChI is InChI=1S/C12H18N2O2/c1-3-12(2,7-9-15)14-11(16)10-6-4-5-8-13-10/h4-6,8,15H,3,7,9H2,1-2H3,(H,14,16). The summed E-state index contributed by atoms with van der Waals surface area (Å²) in [6, 6.07) is 5.21. The molecule has 1 unspecified atom stereocenters. The molecule has 0 aliphatic carbocycles. The summed E-state index contributed by atoms with van der Waals surface area (Å²) >= 11 is 0. The quantitative estimate of drug-likeness (QED) is 0.790. The fourth-order valence-electron chi connectivity index (χ4n) is 1.41. The Morgan fingerprint density at radius 3 is 2.81 bits per heavy atom. The maximum absolute atomic E-state index is 11.8. The maximum atomic E-state index is 11.8. The van der Waals surface area contributed by atoms with E-state index in [9.17, 15) is 4.79 Å². The summed E-state index contributed by atoms with van der Waals surface area (Å²) in [4.78, 5) is 15.8. The van der Waals surface area contributed by atoms with E-state index in [4.69, 9.17) is 5.11 Å². The SMILES string of the molecule is CCC(C)(CCO)NC(=O)c1ccccn1. The number of nitrogens with zero attached hydrogens (tertiary/aromatic N) is 1. The summed E-state index contributed by atoms with van der Waals surface area (Å²) in [5.74, 6) is -0.196. The third-order valence-electron chi connectivity index (χ3n) is 2.76. The van der Waals surface area contributed by atoms with Crippen LogP contribution in [0.1, 0.15) is 37.2 Å². The Morgan fingerprint density at radius 2 is 2.31 bits per heavy atom. The number of nitrogens with one attached hydrogen (secondary N) is 1. The van der Waals surface area contributed by atoms with Gasteiger partial charge in [-0.1, -0.05) is 13.0 Å². The highest BCUT2D eigenvalue weighted by molar-refractivity contribution is 5.92. The molecule has 0 bridgehead atoms. The lowest BCUT2D eigenvalue weighted by Crippen LogP contribution is -2.46. The number of carbonyl (C=O) groups excluding carboxylic acids is 1. The topological polar surface area (TPSA) is 62.2 Å². The third-order valence-corrected chi connectivity index (χ3v) is 2.76. The number of carbonyl (C=O) groups is 1. The summed E-state index contributed by atoms with van der Waals surface area (Å²) in [5, 5.41) is 11.8. The van der Waals surface area contributed by atoms with Gasteiger partial charge in [-0.2, -0.15) is 0 Å². The minimum atomic E-state index is -0.372. The van der Waals surface area contributed by atoms with Crippen LogP contribution >= 0.6 is 0 Å². The van der Waals surface area contributed by atoms with Crippen molar-refractivity contribution < 1.29 is 9.90 Å². The first-order chi connectivity index (χ1) is 7.61. The van der Waals surface area contributed by atoms with Crippen LogP contribution in [0.4, 0.5) is 0 Å². The molecule has 0 radical (unpaired) electrons. The molecule has 0 aliphatic rings. The number of aliphatic hydroxyl groups is 1. The van der Waals surface area contributed by atoms with Gasteiger partial charge < -0.3 is 10.4 Å². The largest absolute Gasteiger partial charge is 0.396 e. The van der Waals surface area contributed by atoms with E-state index in [1.807, 2.05) is 13.8 Å². The summed E-state index contributed by atoms with van der Waals surface area (Å²) in [7, 11) is 0. The van der Waals surface area contributed by atoms with Gasteiger partial charge >= 0.3 is 0 Å². The molecular formula is C12H18N2O2. The van der Waals surface area contributed by atoms with Crippen LogP contribution in [0.15, 0.2) is 24.4 Å². The molecule has 0 saturated carbocycles. The van der Waals surface area contributed by atoms with Gasteiger partial charge in [0.1, 0.15) is 5.69 Å². The van der Waals surface area contributed by atoms with E-state index in [1.165, 1.54) is 0 Å². The Balaban J connectivity index is 2.70. The van der Waals surface area contributed by atoms with Crippen LogP contribution in [-0.4, -0.2) is 28.1 Å². The highest BCUT2D eigenvalue weighted by Crippen LogP contribution is 2.14. The van der Waals surface area contributed by atoms with E-state index in [-0.39, 0.29) is 18.1 Å². The first kappa shape index (κ1) is 12.6. The fraction of sp³-hybridized carbons (Fsp3) is 0.500. The second-order valence-corrected chi connectivity index (χ2v) is 4.06. The molecule has 1 aromatic heterocycles. The van der Waals surface area contributed by atoms with Gasteiger partial charge in [0.05, 0.1) is 0 Å². The van der Waals surface area contributed by atoms with Crippen LogP contribution < -0.4 is 5.32 Å². The summed E-state index contributed by atoms with van der Waals surface area (Å²) in [6.45, 7) is 3.96. The molecule has 0 fully saturated rings. The van der Waals surface area contributed by atoms with E-state index in [2.05, 4.69) is 10.3 Å². The molecule has 0 aromatic carbocycles. The van der Waals surface area contributed by atoms with Crippen LogP contribution in [0.5, 0.6) is 0 Å². The zero-order valence-electron chi connectivity index (χ0n) is 9.73. The average Bonchev–Trinajstić information content (AvgIpc) is 2.30. The molecule has 4 heteroatoms. The second-order valence-electron chi connectivity index (χ2n) is 4.06. The number of rotatable bonds is 5. The van der Waals surface area contributed by atoms with Crippen LogP contribution in [0.3, 0.4) is 0 Å². The van der Waals surface area contributed by atoms with Crippen LogP contribution in [0.25, 0.3) is 0 Å². The molecule has 1 rings (SSSR count). The number of amides is 1. The number of aliphatic hydroxyl groups excluding tert-OH is 1. The average molecular weight is 222 g/mol. The molecule has 0 aliphatic heterocycles. The predicted molar refractivity (Wildman–Crippen MR) is 62.1 cm³/mol. The molecule has 1 atom stereocenters. The molecule has 0 spiro atoms. The number of pyridine rings is 1. The van der Waals surface area contributed by atoms with Gasteiger partial charge in [0.15, 0.2) is 0 Å². The number of hydrogen-bond donors (Lipinski definition) is 2. The van der Waals surface area contributed by atoms with Crippen molar-refractivity contribution >= 4 is 5.91 Å². The highest BCUT2D eigenvalue weighted by atomic mass is 16.3. The van der Waals surface area contributed by atoms with Gasteiger partial charge in [0.25, 0.3) is 5.91 Å². The van der Waals surface area contributed by atoms with Crippen molar-refractivity contribution in [3.05, 3.63) is 30.1 Å². The maximum Gasteiger partial charge on any atom is 0.270 e. The first-order valence-electron chi connectivity index (χ1n) is 5.46. The van der Waals surface area contributed by atoms with Crippen molar-refractivity contribution in [2.24, 2.45) is 0 Å². The third kappa shape index (κ3) is 3.31. The van der Waals surface area contributed by atoms with Gasteiger partial charge in [0, 0.05) is 18.3 Å². The van der Waals surface area contributed by atoms with E-state index >= 15 is 0 Å². The Kier molecular flexibility index (Phi) is 4.43. The van der Waals surface area contributed by atoms with Gasteiger partial charge in [0.2, 0.25) is 0 Å². The summed E-state index contributed by atoms with van der Waals surface area (Å²) < 4.78 is 0. The molecule has 88 valence electrons. The van der Waals surface area contributed by atoms with Crippen molar-refractivity contribution in [3.63, 3.8) is 0 Å². The van der Waals surface area contributed by atoms with Crippen molar-refractivity contribution in [2.75, 3.05) is 6.61 Å². The Hall–Kier alpha value is -1.42. The van der Waals surface area contributed by atoms with Crippen molar-refractivity contribution in [2.45, 2.75) is 32.2 Å². The van der Waals surface area contributed by atoms with E-state index < -0.39 is 0 Å². The lowest BCUT2D eigenvalue weighted by Gasteiger charge is -2.28. The Morgan fingerprint density at radius 1 is 1.56 bits per heavy atom. The highest BCUT2D eigenvalue weighted by Gasteiger charge is 2.24. The summed E-state index contributed by atoms with van der Waals surface area (Å²) in [5.41, 5.74) is 0.0312. The van der Waals surface area contributed by atoms with Crippen molar-refractivity contribution in [1.82, 2.24) is 10.3 Å². The lowest BCUT2D eigenvalue weighted by molar-refractivity contribution is 0.0881. The molecule has 1 heterocycles. The zero-order chi connectivity index (χ0) is 12.0. The molecule has 1 amide bonds.